The van der Waals surface area contributed by atoms with Gasteiger partial charge in [0.05, 0.1) is 0 Å². The average molecular weight is 566 g/mol. The van der Waals surface area contributed by atoms with Gasteiger partial charge in [-0.15, -0.1) is 5.70 Å². The molecule has 7 heteroatoms. The maximum atomic E-state index is 4.84. The summed E-state index contributed by atoms with van der Waals surface area (Å²) in [6, 6.07) is 9.88. The van der Waals surface area contributed by atoms with Crippen molar-refractivity contribution in [2.75, 3.05) is 0 Å². The van der Waals surface area contributed by atoms with Crippen molar-refractivity contribution in [2.24, 2.45) is 4.66 Å². The SMILES string of the molecule is C[Si](C)(C)/N=C1\[CH][CH][CH]C=C1[N-][Si](C)(C)C.[Al+3].[CH2-]CC[CH2-].[CH3-].[CH3-].[CH3-].[Mo]#[N+]c1ccccc1. The van der Waals surface area contributed by atoms with Crippen molar-refractivity contribution in [3.8, 4) is 0 Å². The molecule has 1 aromatic carbocycles. The monoisotopic (exact) mass is 567 g/mol. The van der Waals surface area contributed by atoms with Gasteiger partial charge in [0.1, 0.15) is 0 Å². The molecule has 1 aliphatic carbocycles. The number of allylic oxidation sites excluding steroid dienone is 2. The second-order valence-corrected chi connectivity index (χ2v) is 17.8. The van der Waals surface area contributed by atoms with Crippen LogP contribution in [0.4, 0.5) is 5.69 Å². The maximum absolute atomic E-state index is 4.84. The number of nitrogens with zero attached hydrogens (tertiary/aromatic N) is 3. The van der Waals surface area contributed by atoms with E-state index in [-0.39, 0.29) is 39.6 Å². The molecule has 178 valence electrons. The predicted octanol–water partition coefficient (Wildman–Crippen LogP) is 8.54. The molecule has 0 bridgehead atoms. The van der Waals surface area contributed by atoms with Gasteiger partial charge in [-0.3, -0.25) is 0 Å². The van der Waals surface area contributed by atoms with Crippen LogP contribution >= 0.6 is 0 Å². The molecule has 0 heterocycles. The van der Waals surface area contributed by atoms with E-state index in [1.165, 1.54) is 0 Å². The van der Waals surface area contributed by atoms with Gasteiger partial charge in [-0.05, 0) is 40.7 Å². The van der Waals surface area contributed by atoms with Crippen LogP contribution in [0.25, 0.3) is 8.29 Å². The van der Waals surface area contributed by atoms with Gasteiger partial charge in [-0.25, -0.2) is 12.8 Å². The number of hydrogen-bond acceptors (Lipinski definition) is 1. The summed E-state index contributed by atoms with van der Waals surface area (Å²) in [4.78, 5) is 4.84. The second kappa shape index (κ2) is 22.6. The third kappa shape index (κ3) is 24.4. The van der Waals surface area contributed by atoms with E-state index in [1.807, 2.05) is 43.2 Å². The summed E-state index contributed by atoms with van der Waals surface area (Å²) in [7, 11) is -2.85. The van der Waals surface area contributed by atoms with Crippen LogP contribution < -0.4 is 0 Å². The summed E-state index contributed by atoms with van der Waals surface area (Å²) < 4.78 is 8.82. The quantitative estimate of drug-likeness (QED) is 0.259. The van der Waals surface area contributed by atoms with E-state index in [9.17, 15) is 0 Å². The zero-order valence-electron chi connectivity index (χ0n) is 21.9. The predicted molar refractivity (Wildman–Crippen MR) is 153 cm³/mol. The number of benzene rings is 1. The van der Waals surface area contributed by atoms with Crippen LogP contribution in [0.1, 0.15) is 12.8 Å². The fourth-order valence-electron chi connectivity index (χ4n) is 1.86. The van der Waals surface area contributed by atoms with E-state index in [2.05, 4.69) is 68.9 Å². The van der Waals surface area contributed by atoms with E-state index in [1.54, 1.807) is 19.4 Å². The molecule has 3 nitrogen and oxygen atoms in total. The van der Waals surface area contributed by atoms with Crippen molar-refractivity contribution >= 4 is 45.2 Å². The van der Waals surface area contributed by atoms with Crippen molar-refractivity contribution in [3.05, 3.63) is 106 Å². The molecule has 0 saturated carbocycles. The van der Waals surface area contributed by atoms with Crippen molar-refractivity contribution in [2.45, 2.75) is 52.1 Å². The Bertz CT molecular complexity index is 656. The molecule has 32 heavy (non-hydrogen) atoms. The van der Waals surface area contributed by atoms with Crippen molar-refractivity contribution < 1.29 is 19.4 Å². The first-order valence-corrected chi connectivity index (χ1v) is 17.3. The van der Waals surface area contributed by atoms with E-state index < -0.39 is 16.5 Å². The molecular weight excluding hydrogens is 521 g/mol. The first kappa shape index (κ1) is 42.0. The van der Waals surface area contributed by atoms with E-state index in [4.69, 9.17) is 9.64 Å². The minimum absolute atomic E-state index is 0. The molecule has 0 N–H and O–H groups in total. The average Bonchev–Trinajstić information content (AvgIpc) is 2.62. The molecule has 1 aromatic rings. The molecule has 0 fully saturated rings. The number of unbranched alkanes of at least 4 members (excludes halogenated alkanes) is 1. The summed E-state index contributed by atoms with van der Waals surface area (Å²) in [5.41, 5.74) is 3.19. The van der Waals surface area contributed by atoms with Gasteiger partial charge in [-0.1, -0.05) is 25.7 Å². The van der Waals surface area contributed by atoms with Crippen LogP contribution in [0.5, 0.6) is 0 Å². The van der Waals surface area contributed by atoms with E-state index >= 15 is 0 Å². The standard InChI is InChI=1S/C12H22N2Si2.C6H5N.C4H8.3CH3.Al.Mo/c1-15(2,3)13-11-9-7-8-10-12(11)14-16(4,5)6;7-6-4-2-1-3-5-6;1-3-4-2;;;;;/h7-10H,1-6H3;1-5H;1-4H2;3*1H3;;/q-1;+1;-2;3*-1;+3;/b13-11+;;;;;;;. The molecular formula is C25H44AlMoN3Si2-2. The van der Waals surface area contributed by atoms with Crippen LogP contribution in [-0.4, -0.2) is 39.5 Å². The Labute approximate surface area is 226 Å². The van der Waals surface area contributed by atoms with Crippen LogP contribution in [0.2, 0.25) is 39.3 Å². The third-order valence-electron chi connectivity index (χ3n) is 2.91. The fourth-order valence-corrected chi connectivity index (χ4v) is 3.99. The molecule has 0 atom stereocenters. The summed E-state index contributed by atoms with van der Waals surface area (Å²) in [5, 5.41) is 0. The van der Waals surface area contributed by atoms with Crippen molar-refractivity contribution in [1.82, 2.24) is 0 Å². The first-order valence-electron chi connectivity index (χ1n) is 9.54. The number of hydrogen-bond donors (Lipinski definition) is 0. The minimum atomic E-state index is -1.42. The molecule has 0 aromatic heterocycles. The molecule has 0 amide bonds. The molecule has 0 aliphatic heterocycles. The summed E-state index contributed by atoms with van der Waals surface area (Å²) in [6.07, 6.45) is 10.2. The van der Waals surface area contributed by atoms with Crippen LogP contribution in [0, 0.1) is 55.4 Å². The Morgan fingerprint density at radius 3 is 1.75 bits per heavy atom. The Balaban J connectivity index is -0.000000130. The van der Waals surface area contributed by atoms with Crippen LogP contribution in [0.3, 0.4) is 0 Å². The molecule has 2 rings (SSSR count). The van der Waals surface area contributed by atoms with Crippen LogP contribution in [0.15, 0.2) is 46.8 Å². The van der Waals surface area contributed by atoms with E-state index in [0.717, 1.165) is 29.9 Å². The molecule has 0 unspecified atom stereocenters. The Kier molecular flexibility index (Phi) is 29.6. The van der Waals surface area contributed by atoms with Gasteiger partial charge in [0.25, 0.3) is 0 Å². The molecule has 1 aliphatic rings. The first-order chi connectivity index (χ1) is 13.0. The zero-order valence-corrected chi connectivity index (χ0v) is 27.0. The third-order valence-corrected chi connectivity index (χ3v) is 5.25. The summed E-state index contributed by atoms with van der Waals surface area (Å²) in [6.45, 7) is 20.6. The molecule has 0 spiro atoms. The molecule has 0 saturated heterocycles. The van der Waals surface area contributed by atoms with Crippen LogP contribution in [-0.2, 0) is 19.4 Å². The Morgan fingerprint density at radius 2 is 1.41 bits per heavy atom. The summed E-state index contributed by atoms with van der Waals surface area (Å²) in [5.74, 6) is 0. The molecule has 3 radical (unpaired) electrons. The van der Waals surface area contributed by atoms with Crippen molar-refractivity contribution in [1.29, 1.82) is 0 Å². The zero-order chi connectivity index (χ0) is 21.6. The van der Waals surface area contributed by atoms with Gasteiger partial charge >= 0.3 is 76.1 Å². The van der Waals surface area contributed by atoms with Gasteiger partial charge in [0.2, 0.25) is 0 Å². The Hall–Kier alpha value is -0.205. The fraction of sp³-hybridized carbons (Fsp3) is 0.320. The van der Waals surface area contributed by atoms with Gasteiger partial charge in [0, 0.05) is 12.1 Å². The summed E-state index contributed by atoms with van der Waals surface area (Å²) >= 11 is 1.72. The number of rotatable bonds is 4. The van der Waals surface area contributed by atoms with Crippen molar-refractivity contribution in [3.63, 3.8) is 0 Å². The van der Waals surface area contributed by atoms with Gasteiger partial charge in [-0.2, -0.15) is 0 Å². The van der Waals surface area contributed by atoms with Gasteiger partial charge < -0.3 is 45.8 Å². The Morgan fingerprint density at radius 1 is 0.906 bits per heavy atom. The topological polar surface area (TPSA) is 30.8 Å². The van der Waals surface area contributed by atoms with E-state index in [0.29, 0.717) is 0 Å². The normalized spacial score (nSPS) is 13.3. The van der Waals surface area contributed by atoms with Gasteiger partial charge in [0.15, 0.2) is 8.24 Å². The second-order valence-electron chi connectivity index (χ2n) is 8.19.